The van der Waals surface area contributed by atoms with Crippen molar-refractivity contribution in [2.24, 2.45) is 5.92 Å². The lowest BCUT2D eigenvalue weighted by atomic mass is 10.0. The van der Waals surface area contributed by atoms with E-state index in [-0.39, 0.29) is 24.5 Å². The highest BCUT2D eigenvalue weighted by molar-refractivity contribution is 5.75. The molecule has 0 aliphatic carbocycles. The second-order valence-corrected chi connectivity index (χ2v) is 6.40. The summed E-state index contributed by atoms with van der Waals surface area (Å²) in [5.41, 5.74) is 0. The zero-order valence-electron chi connectivity index (χ0n) is 13.6. The molecule has 1 amide bonds. The smallest absolute Gasteiger partial charge is 0.240 e. The number of aromatic nitrogens is 4. The Morgan fingerprint density at radius 1 is 1.36 bits per heavy atom. The van der Waals surface area contributed by atoms with Gasteiger partial charge in [0.25, 0.3) is 0 Å². The monoisotopic (exact) mass is 346 g/mol. The Kier molecular flexibility index (Phi) is 4.31. The SMILES string of the molecule is O=C(Cn1ccnc1)NCC1CC2COCC2N1c1cnc(F)cn1. The summed E-state index contributed by atoms with van der Waals surface area (Å²) in [6.45, 7) is 2.05. The van der Waals surface area contributed by atoms with Crippen molar-refractivity contribution in [3.05, 3.63) is 37.1 Å². The molecule has 2 aliphatic heterocycles. The van der Waals surface area contributed by atoms with Gasteiger partial charge in [-0.2, -0.15) is 4.39 Å². The number of amides is 1. The Balaban J connectivity index is 1.43. The van der Waals surface area contributed by atoms with Crippen molar-refractivity contribution in [1.29, 1.82) is 0 Å². The van der Waals surface area contributed by atoms with E-state index in [1.807, 2.05) is 0 Å². The molecule has 2 aromatic heterocycles. The molecule has 3 atom stereocenters. The van der Waals surface area contributed by atoms with E-state index >= 15 is 0 Å². The fourth-order valence-corrected chi connectivity index (χ4v) is 3.66. The predicted molar refractivity (Wildman–Crippen MR) is 86.2 cm³/mol. The Morgan fingerprint density at radius 3 is 3.04 bits per heavy atom. The van der Waals surface area contributed by atoms with Gasteiger partial charge in [0.15, 0.2) is 0 Å². The first-order valence-electron chi connectivity index (χ1n) is 8.27. The molecule has 132 valence electrons. The van der Waals surface area contributed by atoms with Crippen molar-refractivity contribution < 1.29 is 13.9 Å². The van der Waals surface area contributed by atoms with Gasteiger partial charge in [-0.3, -0.25) is 4.79 Å². The first-order valence-corrected chi connectivity index (χ1v) is 8.27. The molecule has 2 saturated heterocycles. The third kappa shape index (κ3) is 3.32. The molecular formula is C16H19FN6O2. The molecule has 4 rings (SSSR count). The summed E-state index contributed by atoms with van der Waals surface area (Å²) in [6.07, 6.45) is 8.45. The maximum atomic E-state index is 13.1. The predicted octanol–water partition coefficient (Wildman–Crippen LogP) is 0.222. The summed E-state index contributed by atoms with van der Waals surface area (Å²) < 4.78 is 20.4. The fraction of sp³-hybridized carbons (Fsp3) is 0.500. The van der Waals surface area contributed by atoms with E-state index in [1.165, 1.54) is 6.20 Å². The maximum absolute atomic E-state index is 13.1. The van der Waals surface area contributed by atoms with E-state index in [1.54, 1.807) is 23.3 Å². The van der Waals surface area contributed by atoms with E-state index < -0.39 is 5.95 Å². The van der Waals surface area contributed by atoms with Crippen LogP contribution in [0.15, 0.2) is 31.1 Å². The van der Waals surface area contributed by atoms with Gasteiger partial charge < -0.3 is 19.5 Å². The van der Waals surface area contributed by atoms with Crippen LogP contribution in [0.25, 0.3) is 0 Å². The van der Waals surface area contributed by atoms with E-state index in [0.29, 0.717) is 31.5 Å². The van der Waals surface area contributed by atoms with E-state index in [2.05, 4.69) is 25.2 Å². The van der Waals surface area contributed by atoms with E-state index in [0.717, 1.165) is 12.6 Å². The Labute approximate surface area is 144 Å². The number of fused-ring (bicyclic) bond motifs is 1. The number of halogens is 1. The molecule has 0 saturated carbocycles. The summed E-state index contributed by atoms with van der Waals surface area (Å²) in [4.78, 5) is 26.0. The Hall–Kier alpha value is -2.55. The highest BCUT2D eigenvalue weighted by Gasteiger charge is 2.45. The number of hydrogen-bond acceptors (Lipinski definition) is 6. The second kappa shape index (κ2) is 6.75. The molecule has 0 bridgehead atoms. The molecule has 9 heteroatoms. The first-order chi connectivity index (χ1) is 12.2. The van der Waals surface area contributed by atoms with Crippen LogP contribution in [0.2, 0.25) is 0 Å². The standard InChI is InChI=1S/C16H19FN6O2/c17-14-5-20-15(6-19-14)23-12(3-11-8-25-9-13(11)23)4-21-16(24)7-22-2-1-18-10-22/h1-2,5-6,10-13H,3-4,7-9H2,(H,21,24). The zero-order valence-corrected chi connectivity index (χ0v) is 13.6. The summed E-state index contributed by atoms with van der Waals surface area (Å²) in [7, 11) is 0. The normalized spacial score (nSPS) is 25.2. The molecule has 3 unspecified atom stereocenters. The molecule has 2 aliphatic rings. The molecule has 0 spiro atoms. The molecule has 25 heavy (non-hydrogen) atoms. The topological polar surface area (TPSA) is 85.2 Å². The molecule has 8 nitrogen and oxygen atoms in total. The van der Waals surface area contributed by atoms with Crippen LogP contribution in [0.3, 0.4) is 0 Å². The average molecular weight is 346 g/mol. The van der Waals surface area contributed by atoms with Crippen molar-refractivity contribution in [3.8, 4) is 0 Å². The molecule has 1 N–H and O–H groups in total. The van der Waals surface area contributed by atoms with Gasteiger partial charge in [0.2, 0.25) is 11.9 Å². The van der Waals surface area contributed by atoms with Crippen LogP contribution < -0.4 is 10.2 Å². The van der Waals surface area contributed by atoms with Crippen LogP contribution in [0, 0.1) is 11.9 Å². The molecule has 2 fully saturated rings. The number of anilines is 1. The van der Waals surface area contributed by atoms with Crippen molar-refractivity contribution in [2.45, 2.75) is 25.0 Å². The lowest BCUT2D eigenvalue weighted by molar-refractivity contribution is -0.121. The Morgan fingerprint density at radius 2 is 2.28 bits per heavy atom. The number of carbonyl (C=O) groups excluding carboxylic acids is 1. The van der Waals surface area contributed by atoms with Gasteiger partial charge in [-0.05, 0) is 6.42 Å². The van der Waals surface area contributed by atoms with E-state index in [9.17, 15) is 9.18 Å². The highest BCUT2D eigenvalue weighted by Crippen LogP contribution is 2.36. The van der Waals surface area contributed by atoms with Crippen molar-refractivity contribution in [3.63, 3.8) is 0 Å². The van der Waals surface area contributed by atoms with Crippen LogP contribution >= 0.6 is 0 Å². The fourth-order valence-electron chi connectivity index (χ4n) is 3.66. The van der Waals surface area contributed by atoms with Gasteiger partial charge in [-0.1, -0.05) is 0 Å². The lowest BCUT2D eigenvalue weighted by Crippen LogP contribution is -2.45. The number of carbonyl (C=O) groups is 1. The van der Waals surface area contributed by atoms with E-state index in [4.69, 9.17) is 4.74 Å². The molecular weight excluding hydrogens is 327 g/mol. The van der Waals surface area contributed by atoms with Gasteiger partial charge in [0, 0.05) is 30.9 Å². The zero-order chi connectivity index (χ0) is 17.2. The van der Waals surface area contributed by atoms with Crippen LogP contribution in [0.1, 0.15) is 6.42 Å². The molecule has 2 aromatic rings. The summed E-state index contributed by atoms with van der Waals surface area (Å²) in [6, 6.07) is 0.278. The number of nitrogens with zero attached hydrogens (tertiary/aromatic N) is 5. The van der Waals surface area contributed by atoms with Crippen molar-refractivity contribution in [1.82, 2.24) is 24.8 Å². The van der Waals surface area contributed by atoms with Crippen molar-refractivity contribution >= 4 is 11.7 Å². The molecule has 4 heterocycles. The van der Waals surface area contributed by atoms with Crippen LogP contribution in [-0.4, -0.2) is 57.3 Å². The number of ether oxygens (including phenoxy) is 1. The lowest BCUT2D eigenvalue weighted by Gasteiger charge is -2.30. The van der Waals surface area contributed by atoms with Gasteiger partial charge in [0.05, 0.1) is 38.0 Å². The average Bonchev–Trinajstić information content (AvgIpc) is 3.31. The maximum Gasteiger partial charge on any atom is 0.240 e. The minimum Gasteiger partial charge on any atom is -0.379 e. The van der Waals surface area contributed by atoms with Crippen LogP contribution in [0.4, 0.5) is 10.2 Å². The third-order valence-electron chi connectivity index (χ3n) is 4.78. The van der Waals surface area contributed by atoms with Crippen LogP contribution in [0.5, 0.6) is 0 Å². The summed E-state index contributed by atoms with van der Waals surface area (Å²) in [5, 5.41) is 2.97. The number of rotatable bonds is 5. The second-order valence-electron chi connectivity index (χ2n) is 6.40. The Bertz CT molecular complexity index is 723. The van der Waals surface area contributed by atoms with Gasteiger partial charge in [-0.25, -0.2) is 15.0 Å². The summed E-state index contributed by atoms with van der Waals surface area (Å²) >= 11 is 0. The van der Waals surface area contributed by atoms with Crippen molar-refractivity contribution in [2.75, 3.05) is 24.7 Å². The largest absolute Gasteiger partial charge is 0.379 e. The van der Waals surface area contributed by atoms with Gasteiger partial charge in [-0.15, -0.1) is 0 Å². The molecule has 0 radical (unpaired) electrons. The number of hydrogen-bond donors (Lipinski definition) is 1. The minimum absolute atomic E-state index is 0.0727. The van der Waals surface area contributed by atoms with Gasteiger partial charge in [0.1, 0.15) is 12.4 Å². The number of nitrogens with one attached hydrogen (secondary N) is 1. The first kappa shape index (κ1) is 15.9. The van der Waals surface area contributed by atoms with Gasteiger partial charge >= 0.3 is 0 Å². The third-order valence-corrected chi connectivity index (χ3v) is 4.78. The highest BCUT2D eigenvalue weighted by atomic mass is 19.1. The van der Waals surface area contributed by atoms with Crippen LogP contribution in [-0.2, 0) is 16.1 Å². The number of imidazole rings is 1. The molecule has 0 aromatic carbocycles. The summed E-state index contributed by atoms with van der Waals surface area (Å²) in [5.74, 6) is 0.333. The minimum atomic E-state index is -0.604. The quantitative estimate of drug-likeness (QED) is 0.834.